The van der Waals surface area contributed by atoms with Crippen LogP contribution in [-0.4, -0.2) is 36.2 Å². The molecule has 1 aliphatic heterocycles. The number of aliphatic hydroxyl groups excluding tert-OH is 1. The van der Waals surface area contributed by atoms with E-state index in [1.54, 1.807) is 0 Å². The molecule has 0 radical (unpaired) electrons. The van der Waals surface area contributed by atoms with Crippen LogP contribution in [0.3, 0.4) is 0 Å². The minimum atomic E-state index is 0.342. The lowest BCUT2D eigenvalue weighted by Gasteiger charge is -2.63. The monoisotopic (exact) mass is 183 g/mol. The van der Waals surface area contributed by atoms with Gasteiger partial charge in [-0.25, -0.2) is 0 Å². The van der Waals surface area contributed by atoms with Crippen molar-refractivity contribution in [3.8, 4) is 0 Å². The van der Waals surface area contributed by atoms with E-state index in [4.69, 9.17) is 5.11 Å². The molecule has 1 spiro atoms. The minimum absolute atomic E-state index is 0.342. The predicted molar refractivity (Wildman–Crippen MR) is 53.6 cm³/mol. The molecule has 1 heterocycles. The van der Waals surface area contributed by atoms with Crippen LogP contribution in [0.1, 0.15) is 33.1 Å². The number of nitrogens with zero attached hydrogens (tertiary/aromatic N) is 1. The highest BCUT2D eigenvalue weighted by atomic mass is 16.3. The molecule has 0 unspecified atom stereocenters. The van der Waals surface area contributed by atoms with Crippen LogP contribution < -0.4 is 0 Å². The molecule has 0 aromatic carbocycles. The van der Waals surface area contributed by atoms with Gasteiger partial charge in [0, 0.05) is 26.2 Å². The smallest absolute Gasteiger partial charge is 0.0443 e. The highest BCUT2D eigenvalue weighted by Gasteiger charge is 2.55. The number of aliphatic hydroxyl groups is 1. The summed E-state index contributed by atoms with van der Waals surface area (Å²) in [4.78, 5) is 2.48. The lowest BCUT2D eigenvalue weighted by Crippen LogP contribution is -2.64. The first-order chi connectivity index (χ1) is 6.05. The molecule has 2 aliphatic rings. The summed E-state index contributed by atoms with van der Waals surface area (Å²) in [5.41, 5.74) is 1.31. The molecule has 2 rings (SSSR count). The highest BCUT2D eigenvalue weighted by molar-refractivity contribution is 5.07. The number of hydrogen-bond acceptors (Lipinski definition) is 2. The summed E-state index contributed by atoms with van der Waals surface area (Å²) in [7, 11) is 0. The predicted octanol–water partition coefficient (Wildman–Crippen LogP) is 1.49. The maximum atomic E-state index is 8.69. The van der Waals surface area contributed by atoms with E-state index in [0.29, 0.717) is 17.4 Å². The molecule has 1 saturated carbocycles. The van der Waals surface area contributed by atoms with Crippen LogP contribution >= 0.6 is 0 Å². The average molecular weight is 183 g/mol. The van der Waals surface area contributed by atoms with E-state index in [9.17, 15) is 0 Å². The summed E-state index contributed by atoms with van der Waals surface area (Å²) >= 11 is 0. The zero-order valence-corrected chi connectivity index (χ0v) is 8.84. The molecule has 0 atom stereocenters. The van der Waals surface area contributed by atoms with Gasteiger partial charge in [0.15, 0.2) is 0 Å². The van der Waals surface area contributed by atoms with Gasteiger partial charge >= 0.3 is 0 Å². The molecule has 0 aromatic rings. The molecule has 76 valence electrons. The lowest BCUT2D eigenvalue weighted by atomic mass is 9.51. The topological polar surface area (TPSA) is 23.5 Å². The van der Waals surface area contributed by atoms with E-state index in [2.05, 4.69) is 18.7 Å². The Morgan fingerprint density at radius 3 is 2.31 bits per heavy atom. The highest BCUT2D eigenvalue weighted by Crippen LogP contribution is 2.58. The maximum absolute atomic E-state index is 8.69. The van der Waals surface area contributed by atoms with E-state index in [0.717, 1.165) is 13.0 Å². The molecular formula is C11H21NO. The summed E-state index contributed by atoms with van der Waals surface area (Å²) in [6.07, 6.45) is 3.77. The van der Waals surface area contributed by atoms with Crippen LogP contribution in [0.4, 0.5) is 0 Å². The van der Waals surface area contributed by atoms with Crippen LogP contribution in [0.2, 0.25) is 0 Å². The van der Waals surface area contributed by atoms with Gasteiger partial charge in [0.25, 0.3) is 0 Å². The number of rotatable bonds is 3. The van der Waals surface area contributed by atoms with Crippen molar-refractivity contribution in [2.45, 2.75) is 33.1 Å². The molecule has 2 fully saturated rings. The Hall–Kier alpha value is -0.0800. The lowest BCUT2D eigenvalue weighted by molar-refractivity contribution is -0.129. The van der Waals surface area contributed by atoms with Crippen molar-refractivity contribution in [3.05, 3.63) is 0 Å². The van der Waals surface area contributed by atoms with Crippen LogP contribution in [0, 0.1) is 10.8 Å². The number of likely N-dealkylation sites (tertiary alicyclic amines) is 1. The van der Waals surface area contributed by atoms with E-state index in [1.165, 1.54) is 25.9 Å². The van der Waals surface area contributed by atoms with Gasteiger partial charge in [0.05, 0.1) is 0 Å². The quantitative estimate of drug-likeness (QED) is 0.716. The first-order valence-corrected chi connectivity index (χ1v) is 5.39. The summed E-state index contributed by atoms with van der Waals surface area (Å²) in [5, 5.41) is 8.69. The van der Waals surface area contributed by atoms with E-state index < -0.39 is 0 Å². The van der Waals surface area contributed by atoms with E-state index in [-0.39, 0.29) is 0 Å². The van der Waals surface area contributed by atoms with Crippen molar-refractivity contribution in [2.75, 3.05) is 26.2 Å². The fraction of sp³-hybridized carbons (Fsp3) is 1.00. The van der Waals surface area contributed by atoms with Gasteiger partial charge in [-0.3, -0.25) is 0 Å². The zero-order chi connectivity index (χ0) is 9.53. The second-order valence-electron chi connectivity index (χ2n) is 5.81. The SMILES string of the molecule is CC1(C)CC2(CN(CCCO)C2)C1. The van der Waals surface area contributed by atoms with Crippen LogP contribution in [0.15, 0.2) is 0 Å². The molecule has 1 saturated heterocycles. The second-order valence-corrected chi connectivity index (χ2v) is 5.81. The Morgan fingerprint density at radius 1 is 1.23 bits per heavy atom. The number of hydrogen-bond donors (Lipinski definition) is 1. The van der Waals surface area contributed by atoms with Gasteiger partial charge in [-0.15, -0.1) is 0 Å². The second kappa shape index (κ2) is 2.96. The molecule has 13 heavy (non-hydrogen) atoms. The third-order valence-corrected chi connectivity index (χ3v) is 3.46. The first kappa shape index (κ1) is 9.47. The van der Waals surface area contributed by atoms with Gasteiger partial charge in [-0.1, -0.05) is 13.8 Å². The Morgan fingerprint density at radius 2 is 1.85 bits per heavy atom. The molecule has 1 N–H and O–H groups in total. The third kappa shape index (κ3) is 1.75. The van der Waals surface area contributed by atoms with E-state index >= 15 is 0 Å². The fourth-order valence-electron chi connectivity index (χ4n) is 3.56. The van der Waals surface area contributed by atoms with Crippen molar-refractivity contribution in [3.63, 3.8) is 0 Å². The molecular weight excluding hydrogens is 162 g/mol. The van der Waals surface area contributed by atoms with Crippen molar-refractivity contribution in [1.82, 2.24) is 4.90 Å². The zero-order valence-electron chi connectivity index (χ0n) is 8.84. The van der Waals surface area contributed by atoms with Crippen LogP contribution in [0.5, 0.6) is 0 Å². The van der Waals surface area contributed by atoms with Gasteiger partial charge in [-0.2, -0.15) is 0 Å². The van der Waals surface area contributed by atoms with Gasteiger partial charge in [-0.05, 0) is 30.1 Å². The Kier molecular flexibility index (Phi) is 2.16. The third-order valence-electron chi connectivity index (χ3n) is 3.46. The van der Waals surface area contributed by atoms with Crippen molar-refractivity contribution < 1.29 is 5.11 Å². The summed E-state index contributed by atoms with van der Waals surface area (Å²) in [5.74, 6) is 0. The largest absolute Gasteiger partial charge is 0.396 e. The molecule has 2 heteroatoms. The van der Waals surface area contributed by atoms with Gasteiger partial charge < -0.3 is 10.0 Å². The standard InChI is InChI=1S/C11H21NO/c1-10(2)6-11(7-10)8-12(9-11)4-3-5-13/h13H,3-9H2,1-2H3. The molecule has 1 aliphatic carbocycles. The van der Waals surface area contributed by atoms with Gasteiger partial charge in [0.1, 0.15) is 0 Å². The molecule has 2 nitrogen and oxygen atoms in total. The summed E-state index contributed by atoms with van der Waals surface area (Å²) in [6.45, 7) is 8.75. The fourth-order valence-corrected chi connectivity index (χ4v) is 3.56. The molecule has 0 aromatic heterocycles. The van der Waals surface area contributed by atoms with Crippen molar-refractivity contribution >= 4 is 0 Å². The Balaban J connectivity index is 1.68. The van der Waals surface area contributed by atoms with Gasteiger partial charge in [0.2, 0.25) is 0 Å². The van der Waals surface area contributed by atoms with Crippen LogP contribution in [0.25, 0.3) is 0 Å². The Bertz CT molecular complexity index is 184. The Labute approximate surface area is 80.9 Å². The maximum Gasteiger partial charge on any atom is 0.0443 e. The van der Waals surface area contributed by atoms with Crippen molar-refractivity contribution in [1.29, 1.82) is 0 Å². The average Bonchev–Trinajstić information content (AvgIpc) is 1.91. The molecule has 0 bridgehead atoms. The van der Waals surface area contributed by atoms with Crippen molar-refractivity contribution in [2.24, 2.45) is 10.8 Å². The van der Waals surface area contributed by atoms with Crippen LogP contribution in [-0.2, 0) is 0 Å². The van der Waals surface area contributed by atoms with E-state index in [1.807, 2.05) is 0 Å². The summed E-state index contributed by atoms with van der Waals surface area (Å²) < 4.78 is 0. The normalized spacial score (nSPS) is 29.8. The first-order valence-electron chi connectivity index (χ1n) is 5.39. The molecule has 0 amide bonds. The summed E-state index contributed by atoms with van der Waals surface area (Å²) in [6, 6.07) is 0. The minimum Gasteiger partial charge on any atom is -0.396 e.